The number of urea groups is 1. The highest BCUT2D eigenvalue weighted by atomic mass is 16.5. The maximum Gasteiger partial charge on any atom is 0.319 e. The maximum absolute atomic E-state index is 12.3. The van der Waals surface area contributed by atoms with Crippen molar-refractivity contribution in [2.75, 3.05) is 26.6 Å². The molecular weight excluding hydrogens is 328 g/mol. The van der Waals surface area contributed by atoms with Crippen LogP contribution in [0.15, 0.2) is 12.1 Å². The standard InChI is InChI=1S/C17H24N2O6/c1-23-13-9-8-12(14(24-2)15(13)25-3)19-17(22)18-11-6-4-10(5-7-11)16(20)21/h8-11H,4-7H2,1-3H3,(H,20,21)(H2,18,19,22). The second-order valence-electron chi connectivity index (χ2n) is 5.87. The molecule has 0 unspecified atom stereocenters. The number of methoxy groups -OCH3 is 3. The molecule has 1 aromatic rings. The Hall–Kier alpha value is -2.64. The second kappa shape index (κ2) is 8.46. The van der Waals surface area contributed by atoms with E-state index >= 15 is 0 Å². The minimum absolute atomic E-state index is 0.0401. The van der Waals surface area contributed by atoms with E-state index in [1.165, 1.54) is 21.3 Å². The molecule has 8 nitrogen and oxygen atoms in total. The van der Waals surface area contributed by atoms with Crippen molar-refractivity contribution >= 4 is 17.7 Å². The molecule has 0 bridgehead atoms. The zero-order chi connectivity index (χ0) is 18.4. The van der Waals surface area contributed by atoms with E-state index in [1.54, 1.807) is 12.1 Å². The highest BCUT2D eigenvalue weighted by molar-refractivity contribution is 5.92. The van der Waals surface area contributed by atoms with Gasteiger partial charge in [0.1, 0.15) is 0 Å². The van der Waals surface area contributed by atoms with E-state index in [2.05, 4.69) is 10.6 Å². The van der Waals surface area contributed by atoms with Gasteiger partial charge in [0, 0.05) is 6.04 Å². The summed E-state index contributed by atoms with van der Waals surface area (Å²) in [6.45, 7) is 0. The lowest BCUT2D eigenvalue weighted by molar-refractivity contribution is -0.142. The third-order valence-electron chi connectivity index (χ3n) is 4.36. The minimum Gasteiger partial charge on any atom is -0.493 e. The summed E-state index contributed by atoms with van der Waals surface area (Å²) in [6.07, 6.45) is 2.43. The van der Waals surface area contributed by atoms with E-state index in [-0.39, 0.29) is 18.0 Å². The van der Waals surface area contributed by atoms with Crippen LogP contribution in [-0.2, 0) is 4.79 Å². The van der Waals surface area contributed by atoms with Gasteiger partial charge in [0.2, 0.25) is 5.75 Å². The molecule has 0 spiro atoms. The van der Waals surface area contributed by atoms with Crippen molar-refractivity contribution < 1.29 is 28.9 Å². The van der Waals surface area contributed by atoms with E-state index in [9.17, 15) is 9.59 Å². The highest BCUT2D eigenvalue weighted by Gasteiger charge is 2.27. The van der Waals surface area contributed by atoms with Gasteiger partial charge in [0.05, 0.1) is 32.9 Å². The Kier molecular flexibility index (Phi) is 6.32. The van der Waals surface area contributed by atoms with Crippen molar-refractivity contribution in [1.29, 1.82) is 0 Å². The fourth-order valence-electron chi connectivity index (χ4n) is 3.03. The summed E-state index contributed by atoms with van der Waals surface area (Å²) in [6, 6.07) is 2.93. The molecule has 1 aliphatic rings. The Balaban J connectivity index is 2.00. The van der Waals surface area contributed by atoms with Crippen molar-refractivity contribution in [2.45, 2.75) is 31.7 Å². The predicted molar refractivity (Wildman–Crippen MR) is 91.6 cm³/mol. The van der Waals surface area contributed by atoms with E-state index in [0.29, 0.717) is 48.6 Å². The zero-order valence-corrected chi connectivity index (χ0v) is 14.6. The number of rotatable bonds is 6. The van der Waals surface area contributed by atoms with Crippen LogP contribution in [0.3, 0.4) is 0 Å². The Morgan fingerprint density at radius 2 is 1.64 bits per heavy atom. The van der Waals surface area contributed by atoms with Gasteiger partial charge in [0.25, 0.3) is 0 Å². The molecule has 0 atom stereocenters. The summed E-state index contributed by atoms with van der Waals surface area (Å²) in [4.78, 5) is 23.2. The van der Waals surface area contributed by atoms with E-state index in [1.807, 2.05) is 0 Å². The van der Waals surface area contributed by atoms with Crippen LogP contribution in [0.25, 0.3) is 0 Å². The number of ether oxygens (including phenoxy) is 3. The first-order chi connectivity index (χ1) is 12.0. The van der Waals surface area contributed by atoms with Crippen molar-refractivity contribution in [3.05, 3.63) is 12.1 Å². The maximum atomic E-state index is 12.3. The molecule has 0 aliphatic heterocycles. The molecule has 1 saturated carbocycles. The van der Waals surface area contributed by atoms with Gasteiger partial charge in [-0.3, -0.25) is 4.79 Å². The number of carboxylic acid groups (broad SMARTS) is 1. The van der Waals surface area contributed by atoms with Gasteiger partial charge in [-0.2, -0.15) is 0 Å². The smallest absolute Gasteiger partial charge is 0.319 e. The molecule has 2 rings (SSSR count). The first-order valence-corrected chi connectivity index (χ1v) is 8.09. The third-order valence-corrected chi connectivity index (χ3v) is 4.36. The lowest BCUT2D eigenvalue weighted by atomic mass is 9.86. The van der Waals surface area contributed by atoms with Crippen molar-refractivity contribution in [2.24, 2.45) is 5.92 Å². The number of aliphatic carboxylic acids is 1. The van der Waals surface area contributed by atoms with Crippen LogP contribution < -0.4 is 24.8 Å². The SMILES string of the molecule is COc1ccc(NC(=O)NC2CCC(C(=O)O)CC2)c(OC)c1OC. The number of nitrogens with one attached hydrogen (secondary N) is 2. The quantitative estimate of drug-likeness (QED) is 0.726. The van der Waals surface area contributed by atoms with Crippen LogP contribution in [0.1, 0.15) is 25.7 Å². The highest BCUT2D eigenvalue weighted by Crippen LogP contribution is 2.42. The summed E-state index contributed by atoms with van der Waals surface area (Å²) >= 11 is 0. The molecule has 0 radical (unpaired) electrons. The molecular formula is C17H24N2O6. The van der Waals surface area contributed by atoms with Crippen molar-refractivity contribution in [1.82, 2.24) is 5.32 Å². The van der Waals surface area contributed by atoms with E-state index in [0.717, 1.165) is 0 Å². The Morgan fingerprint density at radius 3 is 2.16 bits per heavy atom. The number of carbonyl (C=O) groups is 2. The van der Waals surface area contributed by atoms with Gasteiger partial charge in [-0.05, 0) is 37.8 Å². The number of carboxylic acids is 1. The molecule has 138 valence electrons. The average molecular weight is 352 g/mol. The second-order valence-corrected chi connectivity index (χ2v) is 5.87. The molecule has 0 heterocycles. The Labute approximate surface area is 146 Å². The van der Waals surface area contributed by atoms with Gasteiger partial charge >= 0.3 is 12.0 Å². The summed E-state index contributed by atoms with van der Waals surface area (Å²) in [5.74, 6) is 0.179. The first-order valence-electron chi connectivity index (χ1n) is 8.09. The topological polar surface area (TPSA) is 106 Å². The van der Waals surface area contributed by atoms with Crippen LogP contribution in [0.2, 0.25) is 0 Å². The van der Waals surface area contributed by atoms with Crippen molar-refractivity contribution in [3.63, 3.8) is 0 Å². The Bertz CT molecular complexity index is 626. The van der Waals surface area contributed by atoms with Gasteiger partial charge < -0.3 is 30.0 Å². The number of anilines is 1. The number of amides is 2. The number of carbonyl (C=O) groups excluding carboxylic acids is 1. The van der Waals surface area contributed by atoms with E-state index < -0.39 is 5.97 Å². The van der Waals surface area contributed by atoms with Gasteiger partial charge in [-0.25, -0.2) is 4.79 Å². The molecule has 1 aromatic carbocycles. The number of benzene rings is 1. The molecule has 2 amide bonds. The van der Waals surface area contributed by atoms with Gasteiger partial charge in [-0.15, -0.1) is 0 Å². The minimum atomic E-state index is -0.766. The predicted octanol–water partition coefficient (Wildman–Crippen LogP) is 2.48. The van der Waals surface area contributed by atoms with Gasteiger partial charge in [-0.1, -0.05) is 0 Å². The molecule has 8 heteroatoms. The van der Waals surface area contributed by atoms with Crippen molar-refractivity contribution in [3.8, 4) is 17.2 Å². The van der Waals surface area contributed by atoms with Crippen LogP contribution >= 0.6 is 0 Å². The molecule has 1 fully saturated rings. The largest absolute Gasteiger partial charge is 0.493 e. The molecule has 0 saturated heterocycles. The zero-order valence-electron chi connectivity index (χ0n) is 14.6. The van der Waals surface area contributed by atoms with Crippen LogP contribution in [0, 0.1) is 5.92 Å². The number of hydrogen-bond acceptors (Lipinski definition) is 5. The lowest BCUT2D eigenvalue weighted by Gasteiger charge is -2.27. The fraction of sp³-hybridized carbons (Fsp3) is 0.529. The monoisotopic (exact) mass is 352 g/mol. The number of hydrogen-bond donors (Lipinski definition) is 3. The summed E-state index contributed by atoms with van der Waals surface area (Å²) in [7, 11) is 4.49. The Morgan fingerprint density at radius 1 is 1.00 bits per heavy atom. The third kappa shape index (κ3) is 4.46. The van der Waals surface area contributed by atoms with Gasteiger partial charge in [0.15, 0.2) is 11.5 Å². The van der Waals surface area contributed by atoms with Crippen LogP contribution in [0.5, 0.6) is 17.2 Å². The molecule has 1 aliphatic carbocycles. The molecule has 3 N–H and O–H groups in total. The lowest BCUT2D eigenvalue weighted by Crippen LogP contribution is -2.41. The normalized spacial score (nSPS) is 19.6. The first kappa shape index (κ1) is 18.7. The summed E-state index contributed by atoms with van der Waals surface area (Å²) < 4.78 is 15.8. The average Bonchev–Trinajstić information content (AvgIpc) is 2.61. The van der Waals surface area contributed by atoms with Crippen LogP contribution in [-0.4, -0.2) is 44.5 Å². The molecule has 25 heavy (non-hydrogen) atoms. The molecule has 0 aromatic heterocycles. The fourth-order valence-corrected chi connectivity index (χ4v) is 3.03. The van der Waals surface area contributed by atoms with Crippen LogP contribution in [0.4, 0.5) is 10.5 Å². The summed E-state index contributed by atoms with van der Waals surface area (Å²) in [5.41, 5.74) is 0.455. The summed E-state index contributed by atoms with van der Waals surface area (Å²) in [5, 5.41) is 14.6. The van der Waals surface area contributed by atoms with E-state index in [4.69, 9.17) is 19.3 Å².